The molecule has 6 heteroatoms. The average molecular weight is 366 g/mol. The van der Waals surface area contributed by atoms with E-state index in [1.54, 1.807) is 17.7 Å². The van der Waals surface area contributed by atoms with Gasteiger partial charge in [-0.15, -0.1) is 11.3 Å². The van der Waals surface area contributed by atoms with Crippen molar-refractivity contribution < 1.29 is 4.79 Å². The van der Waals surface area contributed by atoms with Crippen molar-refractivity contribution in [3.8, 4) is 0 Å². The number of anilines is 1. The molecule has 1 amide bonds. The number of fused-ring (bicyclic) bond motifs is 1. The maximum absolute atomic E-state index is 12.4. The molecule has 0 bridgehead atoms. The van der Waals surface area contributed by atoms with E-state index in [0.29, 0.717) is 0 Å². The second kappa shape index (κ2) is 7.03. The van der Waals surface area contributed by atoms with Crippen molar-refractivity contribution in [2.45, 2.75) is 32.7 Å². The lowest BCUT2D eigenvalue weighted by atomic mass is 10.0. The smallest absolute Gasteiger partial charge is 0.261 e. The topological polar surface area (TPSA) is 58.1 Å². The van der Waals surface area contributed by atoms with Gasteiger partial charge in [-0.25, -0.2) is 9.97 Å². The first kappa shape index (κ1) is 17.0. The summed E-state index contributed by atoms with van der Waals surface area (Å²) in [7, 11) is 0. The molecule has 134 valence electrons. The third-order valence-electron chi connectivity index (χ3n) is 4.86. The number of aromatic nitrogens is 2. The molecule has 26 heavy (non-hydrogen) atoms. The van der Waals surface area contributed by atoms with Crippen LogP contribution in [0.3, 0.4) is 0 Å². The summed E-state index contributed by atoms with van der Waals surface area (Å²) in [5.41, 5.74) is 2.19. The van der Waals surface area contributed by atoms with Crippen LogP contribution in [0.2, 0.25) is 0 Å². The van der Waals surface area contributed by atoms with E-state index in [2.05, 4.69) is 39.2 Å². The number of nitrogens with one attached hydrogen (secondary N) is 1. The fourth-order valence-electron chi connectivity index (χ4n) is 3.46. The highest BCUT2D eigenvalue weighted by Crippen LogP contribution is 2.26. The van der Waals surface area contributed by atoms with Gasteiger partial charge in [0, 0.05) is 29.4 Å². The molecule has 5 nitrogen and oxygen atoms in total. The quantitative estimate of drug-likeness (QED) is 0.768. The van der Waals surface area contributed by atoms with Crippen molar-refractivity contribution in [3.05, 3.63) is 52.0 Å². The Kier molecular flexibility index (Phi) is 4.59. The first-order chi connectivity index (χ1) is 12.6. The number of hydrogen-bond donors (Lipinski definition) is 1. The highest BCUT2D eigenvalue weighted by molar-refractivity contribution is 7.13. The van der Waals surface area contributed by atoms with E-state index in [1.807, 2.05) is 25.1 Å². The summed E-state index contributed by atoms with van der Waals surface area (Å²) < 4.78 is 0. The highest BCUT2D eigenvalue weighted by Gasteiger charge is 2.23. The maximum Gasteiger partial charge on any atom is 0.261 e. The van der Waals surface area contributed by atoms with E-state index in [1.165, 1.54) is 5.56 Å². The van der Waals surface area contributed by atoms with E-state index in [4.69, 9.17) is 0 Å². The molecule has 0 radical (unpaired) electrons. The Balaban J connectivity index is 1.44. The number of aryl methyl sites for hydroxylation is 2. The van der Waals surface area contributed by atoms with Gasteiger partial charge in [0.1, 0.15) is 12.1 Å². The first-order valence-electron chi connectivity index (χ1n) is 8.94. The average Bonchev–Trinajstić information content (AvgIpc) is 3.08. The zero-order chi connectivity index (χ0) is 18.1. The van der Waals surface area contributed by atoms with Crippen LogP contribution in [0.1, 0.15) is 33.0 Å². The lowest BCUT2D eigenvalue weighted by molar-refractivity contribution is 0.0935. The summed E-state index contributed by atoms with van der Waals surface area (Å²) in [6, 6.07) is 10.4. The molecular weight excluding hydrogens is 344 g/mol. The number of rotatable bonds is 3. The zero-order valence-electron chi connectivity index (χ0n) is 15.0. The summed E-state index contributed by atoms with van der Waals surface area (Å²) in [5.74, 6) is 1.04. The molecule has 1 fully saturated rings. The first-order valence-corrected chi connectivity index (χ1v) is 9.75. The molecule has 4 rings (SSSR count). The minimum absolute atomic E-state index is 0.0460. The van der Waals surface area contributed by atoms with Crippen LogP contribution in [0.4, 0.5) is 5.82 Å². The fourth-order valence-corrected chi connectivity index (χ4v) is 4.23. The van der Waals surface area contributed by atoms with Crippen LogP contribution in [-0.4, -0.2) is 35.0 Å². The summed E-state index contributed by atoms with van der Waals surface area (Å²) >= 11 is 1.55. The van der Waals surface area contributed by atoms with Gasteiger partial charge in [0.15, 0.2) is 0 Å². The molecule has 0 spiro atoms. The lowest BCUT2D eigenvalue weighted by Crippen LogP contribution is -2.44. The van der Waals surface area contributed by atoms with Crippen LogP contribution in [0, 0.1) is 13.8 Å². The van der Waals surface area contributed by atoms with Gasteiger partial charge >= 0.3 is 0 Å². The number of nitrogens with zero attached hydrogens (tertiary/aromatic N) is 3. The summed E-state index contributed by atoms with van der Waals surface area (Å²) in [6.45, 7) is 5.88. The van der Waals surface area contributed by atoms with Crippen molar-refractivity contribution in [3.63, 3.8) is 0 Å². The van der Waals surface area contributed by atoms with Crippen molar-refractivity contribution in [1.29, 1.82) is 0 Å². The largest absolute Gasteiger partial charge is 0.356 e. The molecule has 0 aliphatic carbocycles. The number of thiophene rings is 1. The van der Waals surface area contributed by atoms with E-state index < -0.39 is 0 Å². The van der Waals surface area contributed by atoms with E-state index in [9.17, 15) is 4.79 Å². The predicted octanol–water partition coefficient (Wildman–Crippen LogP) is 3.71. The van der Waals surface area contributed by atoms with E-state index in [0.717, 1.165) is 52.4 Å². The molecule has 0 atom stereocenters. The van der Waals surface area contributed by atoms with Crippen LogP contribution < -0.4 is 10.2 Å². The zero-order valence-corrected chi connectivity index (χ0v) is 15.8. The molecule has 1 N–H and O–H groups in total. The Morgan fingerprint density at radius 3 is 2.69 bits per heavy atom. The SMILES string of the molecule is Cc1ccc2ncnc(N3CCC(NC(=O)c4ccc(C)s4)CC3)c2c1. The van der Waals surface area contributed by atoms with Gasteiger partial charge in [-0.3, -0.25) is 4.79 Å². The number of amides is 1. The number of carbonyl (C=O) groups is 1. The molecule has 0 saturated carbocycles. The standard InChI is InChI=1S/C20H22N4OS/c1-13-3-5-17-16(11-13)19(22-12-21-17)24-9-7-15(8-10-24)23-20(25)18-6-4-14(2)26-18/h3-6,11-12,15H,7-10H2,1-2H3,(H,23,25). The summed E-state index contributed by atoms with van der Waals surface area (Å²) in [5, 5.41) is 4.28. The van der Waals surface area contributed by atoms with Crippen molar-refractivity contribution in [2.75, 3.05) is 18.0 Å². The Morgan fingerprint density at radius 1 is 1.15 bits per heavy atom. The van der Waals surface area contributed by atoms with Gasteiger partial charge in [0.2, 0.25) is 0 Å². The molecular formula is C20H22N4OS. The third kappa shape index (κ3) is 3.42. The number of hydrogen-bond acceptors (Lipinski definition) is 5. The van der Waals surface area contributed by atoms with E-state index >= 15 is 0 Å². The summed E-state index contributed by atoms with van der Waals surface area (Å²) in [6.07, 6.45) is 3.49. The number of carbonyl (C=O) groups excluding carboxylic acids is 1. The van der Waals surface area contributed by atoms with Gasteiger partial charge < -0.3 is 10.2 Å². The number of piperidine rings is 1. The number of benzene rings is 1. The van der Waals surface area contributed by atoms with Crippen LogP contribution in [0.25, 0.3) is 10.9 Å². The molecule has 3 aromatic rings. The second-order valence-electron chi connectivity index (χ2n) is 6.86. The Labute approximate surface area is 157 Å². The van der Waals surface area contributed by atoms with Crippen LogP contribution in [-0.2, 0) is 0 Å². The predicted molar refractivity (Wildman–Crippen MR) is 106 cm³/mol. The molecule has 2 aromatic heterocycles. The molecule has 1 saturated heterocycles. The Hall–Kier alpha value is -2.47. The minimum Gasteiger partial charge on any atom is -0.356 e. The van der Waals surface area contributed by atoms with Crippen LogP contribution in [0.5, 0.6) is 0 Å². The normalized spacial score (nSPS) is 15.4. The van der Waals surface area contributed by atoms with Gasteiger partial charge in [-0.05, 0) is 51.0 Å². The van der Waals surface area contributed by atoms with E-state index in [-0.39, 0.29) is 11.9 Å². The molecule has 1 aliphatic heterocycles. The third-order valence-corrected chi connectivity index (χ3v) is 5.86. The highest BCUT2D eigenvalue weighted by atomic mass is 32.1. The molecule has 1 aliphatic rings. The Bertz CT molecular complexity index is 944. The lowest BCUT2D eigenvalue weighted by Gasteiger charge is -2.33. The summed E-state index contributed by atoms with van der Waals surface area (Å²) in [4.78, 5) is 25.5. The Morgan fingerprint density at radius 2 is 1.96 bits per heavy atom. The van der Waals surface area contributed by atoms with Gasteiger partial charge in [0.25, 0.3) is 5.91 Å². The van der Waals surface area contributed by atoms with Gasteiger partial charge in [-0.1, -0.05) is 11.6 Å². The van der Waals surface area contributed by atoms with Gasteiger partial charge in [-0.2, -0.15) is 0 Å². The molecule has 1 aromatic carbocycles. The van der Waals surface area contributed by atoms with Crippen molar-refractivity contribution >= 4 is 34.0 Å². The molecule has 3 heterocycles. The molecule has 0 unspecified atom stereocenters. The van der Waals surface area contributed by atoms with Crippen LogP contribution >= 0.6 is 11.3 Å². The monoisotopic (exact) mass is 366 g/mol. The van der Waals surface area contributed by atoms with Crippen molar-refractivity contribution in [2.24, 2.45) is 0 Å². The van der Waals surface area contributed by atoms with Gasteiger partial charge in [0.05, 0.1) is 10.4 Å². The second-order valence-corrected chi connectivity index (χ2v) is 8.15. The minimum atomic E-state index is 0.0460. The van der Waals surface area contributed by atoms with Crippen molar-refractivity contribution in [1.82, 2.24) is 15.3 Å². The van der Waals surface area contributed by atoms with Crippen LogP contribution in [0.15, 0.2) is 36.7 Å². The fraction of sp³-hybridized carbons (Fsp3) is 0.350. The maximum atomic E-state index is 12.4.